The Balaban J connectivity index is 1.92. The second-order valence-corrected chi connectivity index (χ2v) is 8.46. The van der Waals surface area contributed by atoms with E-state index in [9.17, 15) is 10.2 Å². The topological polar surface area (TPSA) is 40.5 Å². The molecule has 0 aliphatic carbocycles. The molecule has 156 valence electrons. The fourth-order valence-electron chi connectivity index (χ4n) is 4.45. The number of phenols is 2. The summed E-state index contributed by atoms with van der Waals surface area (Å²) in [5.41, 5.74) is 8.79. The summed E-state index contributed by atoms with van der Waals surface area (Å²) in [6.45, 7) is 7.91. The molecule has 4 aromatic rings. The highest BCUT2D eigenvalue weighted by Crippen LogP contribution is 2.43. The Labute approximate surface area is 184 Å². The summed E-state index contributed by atoms with van der Waals surface area (Å²) in [7, 11) is 0. The van der Waals surface area contributed by atoms with E-state index in [0.29, 0.717) is 0 Å². The second kappa shape index (κ2) is 8.31. The van der Waals surface area contributed by atoms with Crippen molar-refractivity contribution in [1.82, 2.24) is 0 Å². The van der Waals surface area contributed by atoms with Gasteiger partial charge in [0, 0.05) is 17.0 Å². The van der Waals surface area contributed by atoms with Crippen LogP contribution in [-0.2, 0) is 0 Å². The van der Waals surface area contributed by atoms with E-state index in [4.69, 9.17) is 0 Å². The Kier molecular flexibility index (Phi) is 5.56. The number of benzene rings is 4. The van der Waals surface area contributed by atoms with Crippen LogP contribution in [-0.4, -0.2) is 10.2 Å². The van der Waals surface area contributed by atoms with Gasteiger partial charge in [-0.2, -0.15) is 0 Å². The lowest BCUT2D eigenvalue weighted by molar-refractivity contribution is 0.454. The highest BCUT2D eigenvalue weighted by atomic mass is 16.3. The van der Waals surface area contributed by atoms with Gasteiger partial charge in [0.1, 0.15) is 11.5 Å². The van der Waals surface area contributed by atoms with Gasteiger partial charge in [0.2, 0.25) is 0 Å². The lowest BCUT2D eigenvalue weighted by atomic mass is 9.81. The number of aromatic hydroxyl groups is 2. The average Bonchev–Trinajstić information content (AvgIpc) is 2.76. The van der Waals surface area contributed by atoms with Gasteiger partial charge in [-0.05, 0) is 55.5 Å². The van der Waals surface area contributed by atoms with Gasteiger partial charge < -0.3 is 10.2 Å². The molecule has 0 atom stereocenters. The maximum atomic E-state index is 11.0. The molecule has 0 aliphatic rings. The zero-order valence-corrected chi connectivity index (χ0v) is 18.5. The van der Waals surface area contributed by atoms with E-state index in [0.717, 1.165) is 50.1 Å². The zero-order valence-electron chi connectivity index (χ0n) is 18.5. The Hall–Kier alpha value is -3.52. The summed E-state index contributed by atoms with van der Waals surface area (Å²) >= 11 is 0. The third-order valence-electron chi connectivity index (χ3n) is 5.92. The summed E-state index contributed by atoms with van der Waals surface area (Å²) < 4.78 is 0. The van der Waals surface area contributed by atoms with E-state index < -0.39 is 0 Å². The molecular weight excluding hydrogens is 380 g/mol. The van der Waals surface area contributed by atoms with Crippen LogP contribution in [0.1, 0.15) is 44.9 Å². The van der Waals surface area contributed by atoms with E-state index >= 15 is 0 Å². The molecule has 0 saturated heterocycles. The predicted molar refractivity (Wildman–Crippen MR) is 128 cm³/mol. The van der Waals surface area contributed by atoms with Crippen LogP contribution >= 0.6 is 0 Å². The van der Waals surface area contributed by atoms with E-state index in [-0.39, 0.29) is 17.4 Å². The zero-order chi connectivity index (χ0) is 22.1. The number of phenolic OH excluding ortho intramolecular Hbond substituents is 2. The van der Waals surface area contributed by atoms with Crippen molar-refractivity contribution in [3.63, 3.8) is 0 Å². The van der Waals surface area contributed by atoms with E-state index in [1.165, 1.54) is 0 Å². The highest BCUT2D eigenvalue weighted by Gasteiger charge is 2.25. The van der Waals surface area contributed by atoms with Crippen LogP contribution in [0.4, 0.5) is 0 Å². The standard InChI is InChI=1S/C29H28O2/c1-18-14-20(3)28(30)25(16-18)27(26-17-19(2)15-21(4)29(26)31)24-12-10-23(11-13-24)22-8-6-5-7-9-22/h5-17,27,30-31H,1-4H3. The first-order valence-electron chi connectivity index (χ1n) is 10.6. The van der Waals surface area contributed by atoms with Crippen LogP contribution in [0.3, 0.4) is 0 Å². The highest BCUT2D eigenvalue weighted by molar-refractivity contribution is 5.65. The van der Waals surface area contributed by atoms with Crippen LogP contribution in [0.15, 0.2) is 78.9 Å². The van der Waals surface area contributed by atoms with Crippen molar-refractivity contribution >= 4 is 0 Å². The Morgan fingerprint density at radius 3 is 1.48 bits per heavy atom. The first-order chi connectivity index (χ1) is 14.8. The molecule has 0 unspecified atom stereocenters. The van der Waals surface area contributed by atoms with Crippen LogP contribution in [0, 0.1) is 27.7 Å². The molecule has 0 spiro atoms. The van der Waals surface area contributed by atoms with Crippen LogP contribution < -0.4 is 0 Å². The minimum atomic E-state index is -0.276. The molecule has 4 rings (SSSR count). The lowest BCUT2D eigenvalue weighted by Crippen LogP contribution is -2.06. The molecule has 2 heteroatoms. The van der Waals surface area contributed by atoms with E-state index in [1.807, 2.05) is 70.2 Å². The van der Waals surface area contributed by atoms with Crippen molar-refractivity contribution in [2.75, 3.05) is 0 Å². The fourth-order valence-corrected chi connectivity index (χ4v) is 4.45. The van der Waals surface area contributed by atoms with Gasteiger partial charge in [-0.1, -0.05) is 90.0 Å². The third-order valence-corrected chi connectivity index (χ3v) is 5.92. The lowest BCUT2D eigenvalue weighted by Gasteiger charge is -2.24. The van der Waals surface area contributed by atoms with Crippen molar-refractivity contribution < 1.29 is 10.2 Å². The van der Waals surface area contributed by atoms with Crippen molar-refractivity contribution in [3.05, 3.63) is 118 Å². The monoisotopic (exact) mass is 408 g/mol. The van der Waals surface area contributed by atoms with Gasteiger partial charge in [0.25, 0.3) is 0 Å². The molecule has 0 aliphatic heterocycles. The van der Waals surface area contributed by atoms with Crippen LogP contribution in [0.25, 0.3) is 11.1 Å². The quantitative estimate of drug-likeness (QED) is 0.351. The minimum absolute atomic E-state index is 0.276. The third kappa shape index (κ3) is 4.06. The van der Waals surface area contributed by atoms with Crippen molar-refractivity contribution in [3.8, 4) is 22.6 Å². The Morgan fingerprint density at radius 1 is 0.548 bits per heavy atom. The molecule has 4 aromatic carbocycles. The van der Waals surface area contributed by atoms with Crippen LogP contribution in [0.2, 0.25) is 0 Å². The number of aryl methyl sites for hydroxylation is 4. The molecule has 0 radical (unpaired) electrons. The molecule has 0 amide bonds. The molecule has 0 fully saturated rings. The van der Waals surface area contributed by atoms with E-state index in [1.54, 1.807) is 0 Å². The summed E-state index contributed by atoms with van der Waals surface area (Å²) in [6.07, 6.45) is 0. The molecule has 0 heterocycles. The van der Waals surface area contributed by atoms with Crippen molar-refractivity contribution in [2.45, 2.75) is 33.6 Å². The number of rotatable bonds is 4. The summed E-state index contributed by atoms with van der Waals surface area (Å²) in [4.78, 5) is 0. The fraction of sp³-hybridized carbons (Fsp3) is 0.172. The van der Waals surface area contributed by atoms with Crippen molar-refractivity contribution in [1.29, 1.82) is 0 Å². The molecule has 2 nitrogen and oxygen atoms in total. The summed E-state index contributed by atoms with van der Waals surface area (Å²) in [5.74, 6) is 0.282. The molecular formula is C29H28O2. The number of hydrogen-bond acceptors (Lipinski definition) is 2. The molecule has 0 saturated carbocycles. The van der Waals surface area contributed by atoms with E-state index in [2.05, 4.69) is 36.4 Å². The molecule has 0 aromatic heterocycles. The molecule has 2 N–H and O–H groups in total. The number of hydrogen-bond donors (Lipinski definition) is 2. The van der Waals surface area contributed by atoms with Gasteiger partial charge >= 0.3 is 0 Å². The van der Waals surface area contributed by atoms with Gasteiger partial charge in [0.05, 0.1) is 0 Å². The first-order valence-corrected chi connectivity index (χ1v) is 10.6. The molecule has 31 heavy (non-hydrogen) atoms. The maximum absolute atomic E-state index is 11.0. The summed E-state index contributed by atoms with van der Waals surface area (Å²) in [5, 5.41) is 22.0. The second-order valence-electron chi connectivity index (χ2n) is 8.46. The average molecular weight is 409 g/mol. The van der Waals surface area contributed by atoms with Gasteiger partial charge in [-0.15, -0.1) is 0 Å². The summed E-state index contributed by atoms with van der Waals surface area (Å²) in [6, 6.07) is 26.7. The van der Waals surface area contributed by atoms with Gasteiger partial charge in [0.15, 0.2) is 0 Å². The van der Waals surface area contributed by atoms with Gasteiger partial charge in [-0.3, -0.25) is 0 Å². The smallest absolute Gasteiger partial charge is 0.122 e. The first kappa shape index (κ1) is 20.7. The normalized spacial score (nSPS) is 11.1. The SMILES string of the molecule is Cc1cc(C)c(O)c(C(c2ccc(-c3ccccc3)cc2)c2cc(C)cc(C)c2O)c1. The maximum Gasteiger partial charge on any atom is 0.122 e. The molecule has 0 bridgehead atoms. The predicted octanol–water partition coefficient (Wildman–Crippen LogP) is 7.18. The van der Waals surface area contributed by atoms with Crippen molar-refractivity contribution in [2.24, 2.45) is 0 Å². The minimum Gasteiger partial charge on any atom is -0.507 e. The Morgan fingerprint density at radius 2 is 1.00 bits per heavy atom. The van der Waals surface area contributed by atoms with Crippen LogP contribution in [0.5, 0.6) is 11.5 Å². The Bertz CT molecular complexity index is 1160. The van der Waals surface area contributed by atoms with Gasteiger partial charge in [-0.25, -0.2) is 0 Å². The largest absolute Gasteiger partial charge is 0.507 e.